The van der Waals surface area contributed by atoms with Gasteiger partial charge in [-0.15, -0.1) is 0 Å². The van der Waals surface area contributed by atoms with Crippen molar-refractivity contribution >= 4 is 17.5 Å². The van der Waals surface area contributed by atoms with E-state index in [0.717, 1.165) is 5.56 Å². The number of amides is 1. The Hall–Kier alpha value is -3.15. The molecule has 9 heteroatoms. The normalized spacial score (nSPS) is 13.1. The van der Waals surface area contributed by atoms with Crippen LogP contribution in [0.4, 0.5) is 0 Å². The molecule has 1 unspecified atom stereocenters. The number of halogens is 1. The molecule has 2 heterocycles. The summed E-state index contributed by atoms with van der Waals surface area (Å²) < 4.78 is 7.23. The van der Waals surface area contributed by atoms with Crippen LogP contribution in [0.25, 0.3) is 11.3 Å². The van der Waals surface area contributed by atoms with Gasteiger partial charge in [-0.3, -0.25) is 9.48 Å². The van der Waals surface area contributed by atoms with Crippen LogP contribution in [0.2, 0.25) is 5.02 Å². The first kappa shape index (κ1) is 19.6. The van der Waals surface area contributed by atoms with Gasteiger partial charge < -0.3 is 15.3 Å². The fraction of sp³-hybridized carbons (Fsp3) is 0.263. The molecule has 0 spiro atoms. The van der Waals surface area contributed by atoms with E-state index in [0.29, 0.717) is 28.5 Å². The van der Waals surface area contributed by atoms with Gasteiger partial charge in [-0.1, -0.05) is 17.7 Å². The highest BCUT2D eigenvalue weighted by molar-refractivity contribution is 6.32. The van der Waals surface area contributed by atoms with E-state index >= 15 is 0 Å². The molecule has 1 amide bonds. The van der Waals surface area contributed by atoms with Crippen LogP contribution in [0.1, 0.15) is 53.7 Å². The maximum absolute atomic E-state index is 11.6. The summed E-state index contributed by atoms with van der Waals surface area (Å²) in [7, 11) is 0. The molecule has 0 aliphatic carbocycles. The summed E-state index contributed by atoms with van der Waals surface area (Å²) in [4.78, 5) is 15.6. The molecule has 0 fully saturated rings. The Balaban J connectivity index is 1.83. The molecule has 0 aliphatic rings. The zero-order valence-electron chi connectivity index (χ0n) is 15.3. The van der Waals surface area contributed by atoms with Gasteiger partial charge in [0, 0.05) is 18.2 Å². The third-order valence-corrected chi connectivity index (χ3v) is 4.54. The highest BCUT2D eigenvalue weighted by Gasteiger charge is 2.22. The molecule has 3 rings (SSSR count). The third kappa shape index (κ3) is 3.91. The zero-order valence-corrected chi connectivity index (χ0v) is 16.0. The Labute approximate surface area is 166 Å². The Bertz CT molecular complexity index is 1060. The second kappa shape index (κ2) is 7.84. The number of rotatable bonds is 6. The minimum Gasteiger partial charge on any atom is -0.442 e. The van der Waals surface area contributed by atoms with Gasteiger partial charge in [0.15, 0.2) is 5.69 Å². The quantitative estimate of drug-likeness (QED) is 0.654. The van der Waals surface area contributed by atoms with Crippen molar-refractivity contribution < 1.29 is 14.3 Å². The minimum atomic E-state index is -0.945. The van der Waals surface area contributed by atoms with Gasteiger partial charge in [-0.25, -0.2) is 4.98 Å². The fourth-order valence-corrected chi connectivity index (χ4v) is 2.97. The van der Waals surface area contributed by atoms with Crippen molar-refractivity contribution in [1.29, 1.82) is 5.26 Å². The summed E-state index contributed by atoms with van der Waals surface area (Å²) >= 11 is 6.09. The van der Waals surface area contributed by atoms with E-state index < -0.39 is 12.0 Å². The highest BCUT2D eigenvalue weighted by atomic mass is 35.5. The van der Waals surface area contributed by atoms with Gasteiger partial charge in [0.05, 0.1) is 22.3 Å². The number of aromatic nitrogens is 3. The van der Waals surface area contributed by atoms with Crippen LogP contribution in [-0.4, -0.2) is 25.8 Å². The number of aliphatic hydroxyl groups excluding tert-OH is 1. The summed E-state index contributed by atoms with van der Waals surface area (Å²) in [5.41, 5.74) is 7.24. The highest BCUT2D eigenvalue weighted by Crippen LogP contribution is 2.26. The minimum absolute atomic E-state index is 0.00834. The summed E-state index contributed by atoms with van der Waals surface area (Å²) in [6.07, 6.45) is 1.16. The van der Waals surface area contributed by atoms with Gasteiger partial charge in [-0.2, -0.15) is 10.4 Å². The smallest absolute Gasteiger partial charge is 0.270 e. The van der Waals surface area contributed by atoms with Gasteiger partial charge in [0.1, 0.15) is 17.9 Å². The number of benzene rings is 1. The first-order valence-electron chi connectivity index (χ1n) is 8.52. The molecule has 0 saturated heterocycles. The average molecular weight is 400 g/mol. The summed E-state index contributed by atoms with van der Waals surface area (Å²) in [6.45, 7) is 3.39. The van der Waals surface area contributed by atoms with Gasteiger partial charge in [-0.05, 0) is 32.0 Å². The van der Waals surface area contributed by atoms with Crippen molar-refractivity contribution in [3.8, 4) is 17.3 Å². The lowest BCUT2D eigenvalue weighted by Crippen LogP contribution is -2.16. The number of primary amides is 1. The molecular formula is C19H18ClN5O3. The molecule has 0 aliphatic heterocycles. The van der Waals surface area contributed by atoms with Crippen molar-refractivity contribution in [2.75, 3.05) is 0 Å². The Morgan fingerprint density at radius 2 is 2.18 bits per heavy atom. The summed E-state index contributed by atoms with van der Waals surface area (Å²) in [5, 5.41) is 23.5. The first-order valence-corrected chi connectivity index (χ1v) is 8.90. The number of oxazole rings is 1. The molecule has 28 heavy (non-hydrogen) atoms. The molecule has 2 aromatic heterocycles. The van der Waals surface area contributed by atoms with E-state index in [1.165, 1.54) is 6.92 Å². The van der Waals surface area contributed by atoms with Crippen molar-refractivity contribution in [1.82, 2.24) is 14.8 Å². The molecule has 0 radical (unpaired) electrons. The third-order valence-electron chi connectivity index (χ3n) is 4.23. The lowest BCUT2D eigenvalue weighted by molar-refractivity contribution is 0.0994. The van der Waals surface area contributed by atoms with Crippen molar-refractivity contribution in [2.24, 2.45) is 5.73 Å². The van der Waals surface area contributed by atoms with E-state index in [-0.39, 0.29) is 17.6 Å². The number of carbonyl (C=O) groups excluding carboxylic acids is 1. The molecule has 144 valence electrons. The number of nitriles is 1. The largest absolute Gasteiger partial charge is 0.442 e. The monoisotopic (exact) mass is 399 g/mol. The van der Waals surface area contributed by atoms with Crippen molar-refractivity contribution in [3.63, 3.8) is 0 Å². The van der Waals surface area contributed by atoms with E-state index in [1.807, 2.05) is 19.1 Å². The van der Waals surface area contributed by atoms with E-state index in [1.54, 1.807) is 29.1 Å². The summed E-state index contributed by atoms with van der Waals surface area (Å²) in [5.74, 6) is -0.370. The van der Waals surface area contributed by atoms with Gasteiger partial charge >= 0.3 is 0 Å². The van der Waals surface area contributed by atoms with Crippen LogP contribution in [0.15, 0.2) is 34.9 Å². The van der Waals surface area contributed by atoms with Crippen LogP contribution in [0.3, 0.4) is 0 Å². The average Bonchev–Trinajstić information content (AvgIpc) is 3.29. The number of nitrogens with zero attached hydrogens (tertiary/aromatic N) is 4. The summed E-state index contributed by atoms with van der Waals surface area (Å²) in [6, 6.07) is 8.78. The van der Waals surface area contributed by atoms with Crippen molar-refractivity contribution in [2.45, 2.75) is 32.4 Å². The van der Waals surface area contributed by atoms with Crippen LogP contribution < -0.4 is 5.73 Å². The predicted octanol–water partition coefficient (Wildman–Crippen LogP) is 3.02. The number of carbonyl (C=O) groups is 1. The van der Waals surface area contributed by atoms with Crippen LogP contribution in [0, 0.1) is 11.3 Å². The number of nitrogens with two attached hydrogens (primary N) is 1. The number of hydrogen-bond donors (Lipinski definition) is 2. The lowest BCUT2D eigenvalue weighted by Gasteiger charge is -2.11. The Morgan fingerprint density at radius 3 is 2.79 bits per heavy atom. The lowest BCUT2D eigenvalue weighted by atomic mass is 10.1. The molecule has 2 atom stereocenters. The van der Waals surface area contributed by atoms with Gasteiger partial charge in [0.25, 0.3) is 5.91 Å². The van der Waals surface area contributed by atoms with E-state index in [9.17, 15) is 9.90 Å². The fourth-order valence-electron chi connectivity index (χ4n) is 2.74. The topological polar surface area (TPSA) is 131 Å². The Kier molecular flexibility index (Phi) is 5.49. The molecular weight excluding hydrogens is 382 g/mol. The maximum Gasteiger partial charge on any atom is 0.270 e. The molecule has 0 bridgehead atoms. The van der Waals surface area contributed by atoms with Crippen LogP contribution in [0.5, 0.6) is 0 Å². The molecule has 3 aromatic rings. The maximum atomic E-state index is 11.6. The van der Waals surface area contributed by atoms with Gasteiger partial charge in [0.2, 0.25) is 5.89 Å². The van der Waals surface area contributed by atoms with Crippen molar-refractivity contribution in [3.05, 3.63) is 58.4 Å². The molecule has 8 nitrogen and oxygen atoms in total. The second-order valence-electron chi connectivity index (χ2n) is 6.40. The first-order chi connectivity index (χ1) is 13.3. The standard InChI is InChI=1S/C19H18ClN5O3/c1-10(7-16-17(18(22)27)23-19(28-16)11(2)26)25-6-5-15(24-25)12-3-4-13(9-21)14(20)8-12/h3-6,8,10-11,26H,7H2,1-2H3,(H2,22,27)/t10-,11?/m0/s1. The molecule has 3 N–H and O–H groups in total. The second-order valence-corrected chi connectivity index (χ2v) is 6.81. The number of aliphatic hydroxyl groups is 1. The van der Waals surface area contributed by atoms with E-state index in [4.69, 9.17) is 27.0 Å². The molecule has 0 saturated carbocycles. The number of hydrogen-bond acceptors (Lipinski definition) is 6. The molecule has 1 aromatic carbocycles. The predicted molar refractivity (Wildman–Crippen MR) is 101 cm³/mol. The SMILES string of the molecule is CC(O)c1nc(C(N)=O)c(C[C@H](C)n2ccc(-c3ccc(C#N)c(Cl)c3)n2)o1. The van der Waals surface area contributed by atoms with Crippen LogP contribution in [-0.2, 0) is 6.42 Å². The van der Waals surface area contributed by atoms with Crippen LogP contribution >= 0.6 is 11.6 Å². The van der Waals surface area contributed by atoms with E-state index in [2.05, 4.69) is 10.1 Å². The zero-order chi connectivity index (χ0) is 20.4. The Morgan fingerprint density at radius 1 is 1.43 bits per heavy atom.